The Labute approximate surface area is 81.2 Å². The maximum Gasteiger partial charge on any atom is 0.102 e. The predicted octanol–water partition coefficient (Wildman–Crippen LogP) is 3.07. The molecule has 0 aliphatic rings. The molecular formula is C8H10NOS2-. The van der Waals surface area contributed by atoms with Crippen LogP contribution in [0.15, 0.2) is 23.2 Å². The molecule has 12 heavy (non-hydrogen) atoms. The van der Waals surface area contributed by atoms with Crippen LogP contribution in [0.1, 0.15) is 13.3 Å². The van der Waals surface area contributed by atoms with Gasteiger partial charge in [0.05, 0.1) is 0 Å². The van der Waals surface area contributed by atoms with Gasteiger partial charge in [-0.25, -0.2) is 0 Å². The van der Waals surface area contributed by atoms with E-state index in [2.05, 4.69) is 6.92 Å². The van der Waals surface area contributed by atoms with Gasteiger partial charge in [0, 0.05) is 11.1 Å². The van der Waals surface area contributed by atoms with Gasteiger partial charge in [-0.05, 0) is 24.3 Å². The molecule has 66 valence electrons. The summed E-state index contributed by atoms with van der Waals surface area (Å²) in [7, 11) is 0. The van der Waals surface area contributed by atoms with E-state index in [0.717, 1.165) is 17.1 Å². The predicted molar refractivity (Wildman–Crippen MR) is 55.0 cm³/mol. The smallest absolute Gasteiger partial charge is 0.102 e. The molecule has 0 N–H and O–H groups in total. The zero-order valence-electron chi connectivity index (χ0n) is 6.82. The van der Waals surface area contributed by atoms with Crippen LogP contribution in [-0.4, -0.2) is 10.5 Å². The topological polar surface area (TPSA) is 28.0 Å². The number of aromatic nitrogens is 1. The lowest BCUT2D eigenvalue weighted by Gasteiger charge is -2.10. The van der Waals surface area contributed by atoms with Crippen LogP contribution in [0.4, 0.5) is 0 Å². The SMILES string of the molecule is CCCSc1ccn([O-])c(=S)c1. The summed E-state index contributed by atoms with van der Waals surface area (Å²) in [6, 6.07) is 3.53. The molecule has 1 rings (SSSR count). The van der Waals surface area contributed by atoms with Gasteiger partial charge in [0.1, 0.15) is 4.64 Å². The quantitative estimate of drug-likeness (QED) is 0.554. The second-order valence-electron chi connectivity index (χ2n) is 2.37. The molecule has 0 atom stereocenters. The summed E-state index contributed by atoms with van der Waals surface area (Å²) in [6.45, 7) is 2.12. The first-order valence-corrected chi connectivity index (χ1v) is 5.16. The van der Waals surface area contributed by atoms with Crippen LogP contribution in [0.25, 0.3) is 0 Å². The maximum absolute atomic E-state index is 10.8. The fourth-order valence-electron chi connectivity index (χ4n) is 0.758. The number of thioether (sulfide) groups is 1. The highest BCUT2D eigenvalue weighted by Crippen LogP contribution is 2.17. The van der Waals surface area contributed by atoms with Crippen LogP contribution in [-0.2, 0) is 0 Å². The molecule has 1 aromatic rings. The van der Waals surface area contributed by atoms with E-state index in [0.29, 0.717) is 9.37 Å². The summed E-state index contributed by atoms with van der Waals surface area (Å²) in [6.07, 6.45) is 2.59. The highest BCUT2D eigenvalue weighted by molar-refractivity contribution is 7.99. The molecule has 0 amide bonds. The van der Waals surface area contributed by atoms with Gasteiger partial charge in [-0.2, -0.15) is 0 Å². The molecule has 0 radical (unpaired) electrons. The van der Waals surface area contributed by atoms with Crippen LogP contribution >= 0.6 is 24.0 Å². The second kappa shape index (κ2) is 4.52. The molecule has 1 heterocycles. The van der Waals surface area contributed by atoms with E-state index in [4.69, 9.17) is 12.2 Å². The number of hydrogen-bond acceptors (Lipinski definition) is 3. The minimum Gasteiger partial charge on any atom is -0.805 e. The first kappa shape index (κ1) is 9.61. The molecule has 0 saturated carbocycles. The van der Waals surface area contributed by atoms with Crippen LogP contribution in [0.2, 0.25) is 0 Å². The Bertz CT molecular complexity index is 308. The van der Waals surface area contributed by atoms with Gasteiger partial charge in [-0.3, -0.25) is 0 Å². The largest absolute Gasteiger partial charge is 0.805 e. The lowest BCUT2D eigenvalue weighted by molar-refractivity contribution is 1.02. The minimum absolute atomic E-state index is 0.344. The van der Waals surface area contributed by atoms with Crippen molar-refractivity contribution in [3.8, 4) is 0 Å². The first-order valence-electron chi connectivity index (χ1n) is 3.77. The lowest BCUT2D eigenvalue weighted by atomic mass is 10.5. The Morgan fingerprint density at radius 3 is 3.00 bits per heavy atom. The van der Waals surface area contributed by atoms with Crippen LogP contribution in [0, 0.1) is 9.85 Å². The van der Waals surface area contributed by atoms with E-state index < -0.39 is 0 Å². The Kier molecular flexibility index (Phi) is 3.62. The van der Waals surface area contributed by atoms with Gasteiger partial charge in [0.15, 0.2) is 0 Å². The van der Waals surface area contributed by atoms with Crippen molar-refractivity contribution in [1.82, 2.24) is 4.73 Å². The van der Waals surface area contributed by atoms with E-state index >= 15 is 0 Å². The third kappa shape index (κ3) is 2.53. The molecule has 0 saturated heterocycles. The fraction of sp³-hybridized carbons (Fsp3) is 0.375. The Morgan fingerprint density at radius 1 is 1.67 bits per heavy atom. The van der Waals surface area contributed by atoms with E-state index in [1.165, 1.54) is 6.20 Å². The molecule has 0 unspecified atom stereocenters. The zero-order chi connectivity index (χ0) is 8.97. The second-order valence-corrected chi connectivity index (χ2v) is 3.96. The number of nitrogens with zero attached hydrogens (tertiary/aromatic N) is 1. The first-order chi connectivity index (χ1) is 5.74. The summed E-state index contributed by atoms with van der Waals surface area (Å²) in [5.74, 6) is 1.07. The molecule has 4 heteroatoms. The van der Waals surface area contributed by atoms with Crippen molar-refractivity contribution in [2.75, 3.05) is 5.75 Å². The molecule has 0 aromatic carbocycles. The van der Waals surface area contributed by atoms with Crippen LogP contribution in [0.3, 0.4) is 0 Å². The standard InChI is InChI=1S/C8H10NOS2/c1-2-5-12-7-3-4-9(10)8(11)6-7/h3-4,6H,2,5H2,1H3/q-1. The Morgan fingerprint density at radius 2 is 2.42 bits per heavy atom. The van der Waals surface area contributed by atoms with Gasteiger partial charge in [-0.15, -0.1) is 11.8 Å². The highest BCUT2D eigenvalue weighted by Gasteiger charge is 1.91. The molecule has 0 aliphatic carbocycles. The molecule has 1 aromatic heterocycles. The van der Waals surface area contributed by atoms with Crippen molar-refractivity contribution < 1.29 is 0 Å². The molecule has 2 nitrogen and oxygen atoms in total. The minimum atomic E-state index is 0.344. The normalized spacial score (nSPS) is 10.1. The van der Waals surface area contributed by atoms with Crippen LogP contribution in [0.5, 0.6) is 0 Å². The summed E-state index contributed by atoms with van der Waals surface area (Å²) in [4.78, 5) is 1.08. The molecule has 0 spiro atoms. The van der Waals surface area contributed by atoms with Gasteiger partial charge in [0.25, 0.3) is 0 Å². The van der Waals surface area contributed by atoms with Crippen molar-refractivity contribution in [2.45, 2.75) is 18.2 Å². The third-order valence-corrected chi connectivity index (χ3v) is 2.83. The van der Waals surface area contributed by atoms with Gasteiger partial charge >= 0.3 is 0 Å². The number of rotatable bonds is 3. The average molecular weight is 200 g/mol. The molecule has 0 fully saturated rings. The maximum atomic E-state index is 10.8. The summed E-state index contributed by atoms with van der Waals surface area (Å²) in [5.41, 5.74) is 0. The lowest BCUT2D eigenvalue weighted by Crippen LogP contribution is -1.88. The number of hydrogen-bond donors (Lipinski definition) is 0. The van der Waals surface area contributed by atoms with Gasteiger partial charge < -0.3 is 9.94 Å². The van der Waals surface area contributed by atoms with E-state index in [1.54, 1.807) is 23.9 Å². The van der Waals surface area contributed by atoms with Gasteiger partial charge in [-0.1, -0.05) is 19.1 Å². The highest BCUT2D eigenvalue weighted by atomic mass is 32.2. The van der Waals surface area contributed by atoms with Crippen molar-refractivity contribution in [3.05, 3.63) is 28.2 Å². The zero-order valence-corrected chi connectivity index (χ0v) is 8.45. The van der Waals surface area contributed by atoms with E-state index in [9.17, 15) is 5.21 Å². The van der Waals surface area contributed by atoms with Crippen LogP contribution < -0.4 is 0 Å². The van der Waals surface area contributed by atoms with Crippen molar-refractivity contribution in [2.24, 2.45) is 0 Å². The molecule has 0 bridgehead atoms. The third-order valence-electron chi connectivity index (χ3n) is 1.33. The summed E-state index contributed by atoms with van der Waals surface area (Å²) >= 11 is 6.55. The Balaban J connectivity index is 2.76. The van der Waals surface area contributed by atoms with E-state index in [-0.39, 0.29) is 0 Å². The molecular weight excluding hydrogens is 190 g/mol. The van der Waals surface area contributed by atoms with Crippen molar-refractivity contribution >= 4 is 24.0 Å². The average Bonchev–Trinajstić information content (AvgIpc) is 2.07. The van der Waals surface area contributed by atoms with Gasteiger partial charge in [0.2, 0.25) is 0 Å². The molecule has 0 aliphatic heterocycles. The summed E-state index contributed by atoms with van der Waals surface area (Å²) in [5, 5.41) is 10.8. The number of pyridine rings is 1. The fourth-order valence-corrected chi connectivity index (χ4v) is 1.81. The van der Waals surface area contributed by atoms with Crippen molar-refractivity contribution in [3.63, 3.8) is 0 Å². The van der Waals surface area contributed by atoms with E-state index in [1.807, 2.05) is 0 Å². The van der Waals surface area contributed by atoms with Crippen molar-refractivity contribution in [1.29, 1.82) is 0 Å². The Hall–Kier alpha value is -0.480. The monoisotopic (exact) mass is 200 g/mol. The summed E-state index contributed by atoms with van der Waals surface area (Å²) < 4.78 is 1.04.